The summed E-state index contributed by atoms with van der Waals surface area (Å²) in [7, 11) is 0. The van der Waals surface area contributed by atoms with Crippen LogP contribution in [0.15, 0.2) is 144 Å². The van der Waals surface area contributed by atoms with Gasteiger partial charge in [0, 0.05) is 38.7 Å². The van der Waals surface area contributed by atoms with Crippen molar-refractivity contribution in [2.24, 2.45) is 0 Å². The zero-order valence-corrected chi connectivity index (χ0v) is 27.6. The summed E-state index contributed by atoms with van der Waals surface area (Å²) in [6, 6.07) is 51.5. The third kappa shape index (κ3) is 3.63. The number of hydrogen-bond acceptors (Lipinski definition) is 2. The maximum absolute atomic E-state index is 6.32. The predicted octanol–water partition coefficient (Wildman–Crippen LogP) is 12.8. The van der Waals surface area contributed by atoms with Crippen LogP contribution >= 0.6 is 0 Å². The summed E-state index contributed by atoms with van der Waals surface area (Å²) >= 11 is 0. The summed E-state index contributed by atoms with van der Waals surface area (Å²) in [5, 5.41) is 4.71. The summed E-state index contributed by atoms with van der Waals surface area (Å²) < 4.78 is 6.32. The SMILES string of the molecule is CC1(C)c2ccccc2-c2cc(N(c3ccc4c(c3)C(C)(C)c3ccccc3-4)c3ccc4ccc5oc6ccccc6c5c4c3)ccc21. The maximum Gasteiger partial charge on any atom is 0.136 e. The molecule has 2 nitrogen and oxygen atoms in total. The number of para-hydroxylation sites is 1. The second-order valence-corrected chi connectivity index (χ2v) is 14.6. The highest BCUT2D eigenvalue weighted by molar-refractivity contribution is 6.19. The Labute approximate surface area is 280 Å². The lowest BCUT2D eigenvalue weighted by molar-refractivity contribution is 0.660. The van der Waals surface area contributed by atoms with E-state index in [4.69, 9.17) is 4.42 Å². The van der Waals surface area contributed by atoms with E-state index in [0.717, 1.165) is 33.6 Å². The number of anilines is 3. The third-order valence-corrected chi connectivity index (χ3v) is 11.3. The largest absolute Gasteiger partial charge is 0.456 e. The van der Waals surface area contributed by atoms with Gasteiger partial charge in [-0.3, -0.25) is 0 Å². The molecular weight excluding hydrogens is 583 g/mol. The van der Waals surface area contributed by atoms with Gasteiger partial charge >= 0.3 is 0 Å². The van der Waals surface area contributed by atoms with Crippen LogP contribution in [0.3, 0.4) is 0 Å². The molecule has 0 N–H and O–H groups in total. The number of hydrogen-bond donors (Lipinski definition) is 0. The second-order valence-electron chi connectivity index (χ2n) is 14.6. The lowest BCUT2D eigenvalue weighted by atomic mass is 9.82. The van der Waals surface area contributed by atoms with Crippen molar-refractivity contribution < 1.29 is 4.42 Å². The molecule has 0 atom stereocenters. The normalized spacial score (nSPS) is 15.0. The molecule has 0 fully saturated rings. The topological polar surface area (TPSA) is 16.4 Å². The molecule has 2 aliphatic rings. The Morgan fingerprint density at radius 3 is 1.79 bits per heavy atom. The van der Waals surface area contributed by atoms with Gasteiger partial charge in [0.1, 0.15) is 11.2 Å². The highest BCUT2D eigenvalue weighted by Crippen LogP contribution is 2.53. The fraction of sp³-hybridized carbons (Fsp3) is 0.130. The lowest BCUT2D eigenvalue weighted by Gasteiger charge is -2.29. The van der Waals surface area contributed by atoms with Gasteiger partial charge in [0.05, 0.1) is 0 Å². The molecule has 0 bridgehead atoms. The highest BCUT2D eigenvalue weighted by atomic mass is 16.3. The molecule has 0 unspecified atom stereocenters. The van der Waals surface area contributed by atoms with Crippen LogP contribution in [0.5, 0.6) is 0 Å². The number of nitrogens with zero attached hydrogens (tertiary/aromatic N) is 1. The van der Waals surface area contributed by atoms with Crippen molar-refractivity contribution in [2.45, 2.75) is 38.5 Å². The van der Waals surface area contributed by atoms with Crippen LogP contribution < -0.4 is 4.90 Å². The van der Waals surface area contributed by atoms with Crippen molar-refractivity contribution in [3.63, 3.8) is 0 Å². The molecule has 1 heterocycles. The van der Waals surface area contributed by atoms with Gasteiger partial charge in [0.25, 0.3) is 0 Å². The quantitative estimate of drug-likeness (QED) is 0.196. The van der Waals surface area contributed by atoms with E-state index < -0.39 is 0 Å². The first-order valence-corrected chi connectivity index (χ1v) is 16.9. The van der Waals surface area contributed by atoms with Gasteiger partial charge in [-0.05, 0) is 104 Å². The van der Waals surface area contributed by atoms with Gasteiger partial charge in [0.15, 0.2) is 0 Å². The first-order chi connectivity index (χ1) is 23.3. The first-order valence-electron chi connectivity index (χ1n) is 16.9. The van der Waals surface area contributed by atoms with E-state index in [1.165, 1.54) is 60.7 Å². The molecule has 230 valence electrons. The molecule has 10 rings (SSSR count). The minimum Gasteiger partial charge on any atom is -0.456 e. The molecule has 48 heavy (non-hydrogen) atoms. The van der Waals surface area contributed by atoms with Gasteiger partial charge in [-0.2, -0.15) is 0 Å². The van der Waals surface area contributed by atoms with E-state index >= 15 is 0 Å². The van der Waals surface area contributed by atoms with Crippen LogP contribution in [0.25, 0.3) is 55.0 Å². The standard InChI is InChI=1S/C46H35NO/c1-45(2)39-15-9-6-12-33(39)37-26-30(21-23-40(37)45)47(31-20-22-34-32-11-5-8-14-38(32)46(3,4)41(34)27-31)29-19-17-28-18-24-43-44(36(28)25-29)35-13-7-10-16-42(35)48-43/h5-27H,1-4H3. The summed E-state index contributed by atoms with van der Waals surface area (Å²) in [5.74, 6) is 0. The molecule has 1 aromatic heterocycles. The second kappa shape index (κ2) is 9.49. The molecule has 0 saturated heterocycles. The average molecular weight is 618 g/mol. The van der Waals surface area contributed by atoms with E-state index in [0.29, 0.717) is 0 Å². The number of benzene rings is 7. The molecule has 0 saturated carbocycles. The summed E-state index contributed by atoms with van der Waals surface area (Å²) in [4.78, 5) is 2.45. The van der Waals surface area contributed by atoms with Crippen molar-refractivity contribution in [3.05, 3.63) is 162 Å². The van der Waals surface area contributed by atoms with Gasteiger partial charge in [0.2, 0.25) is 0 Å². The third-order valence-electron chi connectivity index (χ3n) is 11.3. The summed E-state index contributed by atoms with van der Waals surface area (Å²) in [5.41, 5.74) is 16.0. The molecule has 8 aromatic rings. The Kier molecular flexibility index (Phi) is 5.44. The molecule has 0 amide bonds. The summed E-state index contributed by atoms with van der Waals surface area (Å²) in [6.45, 7) is 9.41. The fourth-order valence-electron chi connectivity index (χ4n) is 8.80. The fourth-order valence-corrected chi connectivity index (χ4v) is 8.80. The molecule has 2 aliphatic carbocycles. The highest BCUT2D eigenvalue weighted by Gasteiger charge is 2.37. The van der Waals surface area contributed by atoms with Crippen LogP contribution in [-0.2, 0) is 10.8 Å². The minimum absolute atomic E-state index is 0.0461. The number of fused-ring (bicyclic) bond motifs is 11. The molecule has 7 aromatic carbocycles. The van der Waals surface area contributed by atoms with E-state index in [1.807, 2.05) is 6.07 Å². The first kappa shape index (κ1) is 27.5. The van der Waals surface area contributed by atoms with Crippen molar-refractivity contribution in [1.82, 2.24) is 0 Å². The lowest BCUT2D eigenvalue weighted by Crippen LogP contribution is -2.17. The van der Waals surface area contributed by atoms with E-state index in [1.54, 1.807) is 0 Å². The number of furan rings is 1. The maximum atomic E-state index is 6.32. The van der Waals surface area contributed by atoms with Crippen molar-refractivity contribution in [3.8, 4) is 22.3 Å². The van der Waals surface area contributed by atoms with E-state index in [2.05, 4.69) is 166 Å². The molecule has 0 radical (unpaired) electrons. The van der Waals surface area contributed by atoms with Gasteiger partial charge in [-0.15, -0.1) is 0 Å². The van der Waals surface area contributed by atoms with Crippen molar-refractivity contribution in [1.29, 1.82) is 0 Å². The molecule has 0 spiro atoms. The van der Waals surface area contributed by atoms with E-state index in [9.17, 15) is 0 Å². The average Bonchev–Trinajstić information content (AvgIpc) is 3.68. The molecule has 2 heteroatoms. The summed E-state index contributed by atoms with van der Waals surface area (Å²) in [6.07, 6.45) is 0. The Hall–Kier alpha value is -5.60. The minimum atomic E-state index is -0.0975. The van der Waals surface area contributed by atoms with Gasteiger partial charge < -0.3 is 9.32 Å². The van der Waals surface area contributed by atoms with Crippen LogP contribution in [0, 0.1) is 0 Å². The number of rotatable bonds is 3. The van der Waals surface area contributed by atoms with Crippen LogP contribution in [0.4, 0.5) is 17.1 Å². The van der Waals surface area contributed by atoms with Crippen molar-refractivity contribution in [2.75, 3.05) is 4.90 Å². The molecular formula is C46H35NO. The van der Waals surface area contributed by atoms with Gasteiger partial charge in [-0.1, -0.05) is 119 Å². The van der Waals surface area contributed by atoms with Crippen LogP contribution in [0.1, 0.15) is 49.9 Å². The monoisotopic (exact) mass is 617 g/mol. The molecule has 0 aliphatic heterocycles. The van der Waals surface area contributed by atoms with Crippen molar-refractivity contribution >= 4 is 49.8 Å². The Morgan fingerprint density at radius 2 is 0.979 bits per heavy atom. The Morgan fingerprint density at radius 1 is 0.417 bits per heavy atom. The van der Waals surface area contributed by atoms with Crippen LogP contribution in [0.2, 0.25) is 0 Å². The smallest absolute Gasteiger partial charge is 0.136 e. The predicted molar refractivity (Wildman–Crippen MR) is 201 cm³/mol. The zero-order chi connectivity index (χ0) is 32.4. The Bertz CT molecular complexity index is 2630. The van der Waals surface area contributed by atoms with Gasteiger partial charge in [-0.25, -0.2) is 0 Å². The Balaban J connectivity index is 1.23. The van der Waals surface area contributed by atoms with E-state index in [-0.39, 0.29) is 10.8 Å². The zero-order valence-electron chi connectivity index (χ0n) is 27.6. The van der Waals surface area contributed by atoms with Crippen LogP contribution in [-0.4, -0.2) is 0 Å².